The summed E-state index contributed by atoms with van der Waals surface area (Å²) in [6, 6.07) is 7.35. The maximum absolute atomic E-state index is 15.3. The predicted molar refractivity (Wildman–Crippen MR) is 140 cm³/mol. The number of nitrogens with zero attached hydrogens (tertiary/aromatic N) is 3. The Morgan fingerprint density at radius 3 is 2.52 bits per heavy atom. The number of hydrogen-bond donors (Lipinski definition) is 0. The highest BCUT2D eigenvalue weighted by Crippen LogP contribution is 2.56. The molecule has 0 bridgehead atoms. The van der Waals surface area contributed by atoms with Gasteiger partial charge in [0.15, 0.2) is 0 Å². The van der Waals surface area contributed by atoms with E-state index in [9.17, 15) is 21.8 Å². The number of halogens is 5. The lowest BCUT2D eigenvalue weighted by molar-refractivity contribution is -0.137. The molecule has 2 aliphatic carbocycles. The Morgan fingerprint density at radius 2 is 1.82 bits per heavy atom. The number of ether oxygens (including phenoxy) is 1. The summed E-state index contributed by atoms with van der Waals surface area (Å²) in [6.07, 6.45) is 0.627. The van der Waals surface area contributed by atoms with Crippen molar-refractivity contribution in [2.24, 2.45) is 11.3 Å². The molecule has 3 atom stereocenters. The minimum absolute atomic E-state index is 0.0181. The Bertz CT molecular complexity index is 1550. The van der Waals surface area contributed by atoms with Gasteiger partial charge in [-0.1, -0.05) is 0 Å². The molecule has 2 aliphatic heterocycles. The molecule has 0 radical (unpaired) electrons. The molecule has 2 saturated heterocycles. The molecule has 11 heteroatoms. The van der Waals surface area contributed by atoms with Gasteiger partial charge in [0.05, 0.1) is 16.5 Å². The van der Waals surface area contributed by atoms with Gasteiger partial charge in [0, 0.05) is 66.9 Å². The second-order valence-electron chi connectivity index (χ2n) is 11.5. The Balaban J connectivity index is 1.12. The topological polar surface area (TPSA) is 45.7 Å². The van der Waals surface area contributed by atoms with Gasteiger partial charge in [-0.3, -0.25) is 0 Å². The number of pyridine rings is 1. The molecule has 7 rings (SSSR count). The average molecular weight is 576 g/mol. The van der Waals surface area contributed by atoms with E-state index in [0.717, 1.165) is 18.1 Å². The molecule has 0 N–H and O–H groups in total. The van der Waals surface area contributed by atoms with E-state index in [1.165, 1.54) is 24.1 Å². The van der Waals surface area contributed by atoms with Crippen LogP contribution in [0.1, 0.15) is 34.6 Å². The van der Waals surface area contributed by atoms with E-state index in [4.69, 9.17) is 4.74 Å². The summed E-state index contributed by atoms with van der Waals surface area (Å²) in [5.74, 6) is -0.410. The van der Waals surface area contributed by atoms with Crippen molar-refractivity contribution in [1.82, 2.24) is 9.29 Å². The van der Waals surface area contributed by atoms with Gasteiger partial charge in [-0.15, -0.1) is 0 Å². The van der Waals surface area contributed by atoms with E-state index in [1.807, 2.05) is 15.3 Å². The average Bonchev–Trinajstić information content (AvgIpc) is 3.51. The summed E-state index contributed by atoms with van der Waals surface area (Å²) in [7, 11) is -1.02. The molecule has 5 nitrogen and oxygen atoms in total. The number of hydrogen-bond acceptors (Lipinski definition) is 4. The van der Waals surface area contributed by atoms with Crippen molar-refractivity contribution in [2.75, 3.05) is 37.3 Å². The third-order valence-corrected chi connectivity index (χ3v) is 9.70. The van der Waals surface area contributed by atoms with Gasteiger partial charge in [-0.25, -0.2) is 22.3 Å². The van der Waals surface area contributed by atoms with Gasteiger partial charge >= 0.3 is 6.18 Å². The van der Waals surface area contributed by atoms with Crippen molar-refractivity contribution in [1.29, 1.82) is 0 Å². The first-order chi connectivity index (χ1) is 19.0. The molecule has 210 valence electrons. The summed E-state index contributed by atoms with van der Waals surface area (Å²) in [5, 5.41) is 0. The molecular formula is C29H26F5N3O2S. The fourth-order valence-electron chi connectivity index (χ4n) is 6.50. The smallest absolute Gasteiger partial charge is 0.417 e. The molecule has 3 unspecified atom stereocenters. The minimum atomic E-state index is -4.89. The zero-order valence-electron chi connectivity index (χ0n) is 21.6. The second kappa shape index (κ2) is 8.97. The standard InChI is InChI=1S/C29H26F5N3O2S/c1-40(38)37-14-28(15-37)12-36(13-28)19-2-3-20(26(31)8-19)22-6-18(25(30)9-24(22)29(32,33)34)11-39-27-7-17-4-16-5-21(16)23(17)10-35-27/h2-3,6-10,16,21H,4-5,11-15H2,1H3. The van der Waals surface area contributed by atoms with Crippen LogP contribution in [0.3, 0.4) is 0 Å². The third-order valence-electron chi connectivity index (χ3n) is 8.72. The molecule has 40 heavy (non-hydrogen) atoms. The first kappa shape index (κ1) is 25.9. The molecule has 0 amide bonds. The fraction of sp³-hybridized carbons (Fsp3) is 0.414. The van der Waals surface area contributed by atoms with Crippen molar-refractivity contribution >= 4 is 16.7 Å². The maximum atomic E-state index is 15.3. The highest BCUT2D eigenvalue weighted by molar-refractivity contribution is 7.81. The normalized spacial score (nSPS) is 23.3. The summed E-state index contributed by atoms with van der Waals surface area (Å²) < 4.78 is 91.1. The Morgan fingerprint density at radius 1 is 1.05 bits per heavy atom. The van der Waals surface area contributed by atoms with Gasteiger partial charge in [0.2, 0.25) is 5.88 Å². The van der Waals surface area contributed by atoms with Crippen LogP contribution in [0.5, 0.6) is 5.88 Å². The van der Waals surface area contributed by atoms with E-state index in [1.54, 1.807) is 18.5 Å². The van der Waals surface area contributed by atoms with Gasteiger partial charge in [0.25, 0.3) is 0 Å². The number of rotatable bonds is 6. The van der Waals surface area contributed by atoms with E-state index in [0.29, 0.717) is 49.8 Å². The maximum Gasteiger partial charge on any atom is 0.417 e. The largest absolute Gasteiger partial charge is 0.473 e. The van der Waals surface area contributed by atoms with Crippen LogP contribution < -0.4 is 9.64 Å². The van der Waals surface area contributed by atoms with Crippen LogP contribution in [0, 0.1) is 23.0 Å². The molecule has 4 aliphatic rings. The van der Waals surface area contributed by atoms with Crippen LogP contribution in [0.2, 0.25) is 0 Å². The molecule has 1 aromatic heterocycles. The molecule has 2 aromatic carbocycles. The van der Waals surface area contributed by atoms with E-state index < -0.39 is 39.9 Å². The summed E-state index contributed by atoms with van der Waals surface area (Å²) in [5.41, 5.74) is 0.846. The first-order valence-corrected chi connectivity index (χ1v) is 14.7. The molecule has 1 spiro atoms. The summed E-state index contributed by atoms with van der Waals surface area (Å²) in [6.45, 7) is 2.37. The lowest BCUT2D eigenvalue weighted by Crippen LogP contribution is -2.72. The Labute approximate surface area is 230 Å². The third kappa shape index (κ3) is 4.38. The van der Waals surface area contributed by atoms with Crippen LogP contribution in [0.4, 0.5) is 27.6 Å². The lowest BCUT2D eigenvalue weighted by Gasteiger charge is -2.60. The van der Waals surface area contributed by atoms with E-state index in [-0.39, 0.29) is 29.0 Å². The Kier molecular flexibility index (Phi) is 5.81. The lowest BCUT2D eigenvalue weighted by atomic mass is 9.74. The second-order valence-corrected chi connectivity index (χ2v) is 12.9. The number of anilines is 1. The number of aromatic nitrogens is 1. The van der Waals surface area contributed by atoms with Crippen LogP contribution in [0.25, 0.3) is 11.1 Å². The van der Waals surface area contributed by atoms with Crippen LogP contribution in [-0.4, -0.2) is 45.9 Å². The highest BCUT2D eigenvalue weighted by Gasteiger charge is 2.53. The zero-order valence-corrected chi connectivity index (χ0v) is 22.4. The summed E-state index contributed by atoms with van der Waals surface area (Å²) in [4.78, 5) is 6.24. The highest BCUT2D eigenvalue weighted by atomic mass is 32.2. The fourth-order valence-corrected chi connectivity index (χ4v) is 7.41. The van der Waals surface area contributed by atoms with Crippen LogP contribution >= 0.6 is 0 Å². The SMILES string of the molecule is CS(=O)N1CC2(CN(c3ccc(-c4cc(COc5cc6c(cn5)C5CC5C6)c(F)cc4C(F)(F)F)c(F)c3)C2)C1. The van der Waals surface area contributed by atoms with Crippen molar-refractivity contribution in [3.05, 3.63) is 76.5 Å². The molecular weight excluding hydrogens is 549 g/mol. The van der Waals surface area contributed by atoms with Crippen molar-refractivity contribution in [3.63, 3.8) is 0 Å². The van der Waals surface area contributed by atoms with Crippen molar-refractivity contribution < 1.29 is 30.9 Å². The van der Waals surface area contributed by atoms with Gasteiger partial charge in [-0.2, -0.15) is 13.2 Å². The molecule has 3 heterocycles. The van der Waals surface area contributed by atoms with Gasteiger partial charge < -0.3 is 9.64 Å². The van der Waals surface area contributed by atoms with Gasteiger partial charge in [0.1, 0.15) is 18.2 Å². The quantitative estimate of drug-likeness (QED) is 0.354. The molecule has 1 saturated carbocycles. The number of benzene rings is 2. The van der Waals surface area contributed by atoms with E-state index >= 15 is 4.39 Å². The number of fused-ring (bicyclic) bond motifs is 3. The Hall–Kier alpha value is -3.05. The zero-order chi connectivity index (χ0) is 28.0. The van der Waals surface area contributed by atoms with E-state index in [2.05, 4.69) is 4.98 Å². The van der Waals surface area contributed by atoms with Crippen LogP contribution in [0.15, 0.2) is 42.6 Å². The van der Waals surface area contributed by atoms with Crippen LogP contribution in [-0.2, 0) is 30.2 Å². The van der Waals surface area contributed by atoms with Crippen molar-refractivity contribution in [3.8, 4) is 17.0 Å². The monoisotopic (exact) mass is 575 g/mol. The molecule has 3 fully saturated rings. The predicted octanol–water partition coefficient (Wildman–Crippen LogP) is 5.70. The number of alkyl halides is 3. The molecule has 3 aromatic rings. The minimum Gasteiger partial charge on any atom is -0.473 e. The first-order valence-electron chi connectivity index (χ1n) is 13.1. The summed E-state index contributed by atoms with van der Waals surface area (Å²) >= 11 is 0. The van der Waals surface area contributed by atoms with Crippen molar-refractivity contribution in [2.45, 2.75) is 31.5 Å². The van der Waals surface area contributed by atoms with Gasteiger partial charge in [-0.05, 0) is 71.7 Å².